The van der Waals surface area contributed by atoms with E-state index in [1.165, 1.54) is 18.2 Å². The number of unbranched alkanes of at least 4 members (excludes halogenated alkanes) is 4. The largest absolute Gasteiger partial charge is 0.395 e. The van der Waals surface area contributed by atoms with Crippen LogP contribution in [-0.2, 0) is 0 Å². The molecule has 2 rings (SSSR count). The molecule has 0 radical (unpaired) electrons. The van der Waals surface area contributed by atoms with Crippen molar-refractivity contribution in [3.05, 3.63) is 29.6 Å². The first-order chi connectivity index (χ1) is 12.6. The van der Waals surface area contributed by atoms with Gasteiger partial charge in [0.25, 0.3) is 0 Å². The lowest BCUT2D eigenvalue weighted by atomic mass is 9.99. The zero-order valence-corrected chi connectivity index (χ0v) is 15.3. The summed E-state index contributed by atoms with van der Waals surface area (Å²) in [6.45, 7) is 2.69. The van der Waals surface area contributed by atoms with E-state index in [9.17, 15) is 14.6 Å². The molecule has 1 aromatic rings. The number of nitrogens with one attached hydrogen (secondary N) is 1. The van der Waals surface area contributed by atoms with E-state index in [2.05, 4.69) is 16.3 Å². The lowest BCUT2D eigenvalue weighted by molar-refractivity contribution is 0.0163. The summed E-state index contributed by atoms with van der Waals surface area (Å²) in [5.41, 5.74) is 1.03. The second-order valence-corrected chi connectivity index (χ2v) is 7.05. The summed E-state index contributed by atoms with van der Waals surface area (Å²) in [6.07, 6.45) is 6.65. The first kappa shape index (κ1) is 20.6. The molecule has 5 nitrogen and oxygen atoms in total. The van der Waals surface area contributed by atoms with Crippen molar-refractivity contribution in [1.29, 1.82) is 5.26 Å². The summed E-state index contributed by atoms with van der Waals surface area (Å²) in [5.74, 6) is -0.335. The van der Waals surface area contributed by atoms with Crippen molar-refractivity contribution >= 4 is 5.69 Å². The standard InChI is InChI=1S/C20H30FN3O2/c21-17-7-6-16(14-22)20(12-17)23-9-4-2-1-3-5-10-24-11-8-19(26)13-18(24)15-25/h6-7,12,18-19,23,25-26H,1-5,8-11,13,15H2/t18?,19-/m1/s1. The molecule has 6 heteroatoms. The lowest BCUT2D eigenvalue weighted by Gasteiger charge is -2.36. The second kappa shape index (κ2) is 11.1. The quantitative estimate of drug-likeness (QED) is 0.557. The molecule has 0 spiro atoms. The van der Waals surface area contributed by atoms with Gasteiger partial charge < -0.3 is 15.5 Å². The highest BCUT2D eigenvalue weighted by molar-refractivity contribution is 5.57. The Morgan fingerprint density at radius 1 is 1.23 bits per heavy atom. The molecule has 0 aromatic heterocycles. The Balaban J connectivity index is 1.55. The Kier molecular flexibility index (Phi) is 8.82. The van der Waals surface area contributed by atoms with E-state index in [0.717, 1.165) is 58.2 Å². The smallest absolute Gasteiger partial charge is 0.125 e. The highest BCUT2D eigenvalue weighted by Gasteiger charge is 2.25. The van der Waals surface area contributed by atoms with Crippen molar-refractivity contribution < 1.29 is 14.6 Å². The van der Waals surface area contributed by atoms with E-state index in [1.54, 1.807) is 0 Å². The number of nitrogens with zero attached hydrogens (tertiary/aromatic N) is 2. The van der Waals surface area contributed by atoms with Gasteiger partial charge in [-0.05, 0) is 50.4 Å². The second-order valence-electron chi connectivity index (χ2n) is 7.05. The molecule has 0 bridgehead atoms. The van der Waals surface area contributed by atoms with E-state index in [0.29, 0.717) is 17.7 Å². The van der Waals surface area contributed by atoms with Crippen molar-refractivity contribution in [2.24, 2.45) is 0 Å². The number of rotatable bonds is 10. The van der Waals surface area contributed by atoms with Crippen LogP contribution in [0.15, 0.2) is 18.2 Å². The third-order valence-electron chi connectivity index (χ3n) is 5.06. The van der Waals surface area contributed by atoms with Crippen LogP contribution in [-0.4, -0.2) is 53.5 Å². The van der Waals surface area contributed by atoms with Gasteiger partial charge in [-0.15, -0.1) is 0 Å². The van der Waals surface area contributed by atoms with Crippen LogP contribution in [0.1, 0.15) is 50.5 Å². The first-order valence-corrected chi connectivity index (χ1v) is 9.60. The van der Waals surface area contributed by atoms with Crippen LogP contribution in [0.3, 0.4) is 0 Å². The Morgan fingerprint density at radius 2 is 2.00 bits per heavy atom. The number of anilines is 1. The molecule has 2 atom stereocenters. The molecule has 1 unspecified atom stereocenters. The van der Waals surface area contributed by atoms with E-state index in [1.807, 2.05) is 0 Å². The van der Waals surface area contributed by atoms with Crippen LogP contribution in [0.2, 0.25) is 0 Å². The number of hydrogen-bond acceptors (Lipinski definition) is 5. The SMILES string of the molecule is N#Cc1ccc(F)cc1NCCCCCCCN1CC[C@@H](O)CC1CO. The van der Waals surface area contributed by atoms with E-state index >= 15 is 0 Å². The Morgan fingerprint density at radius 3 is 2.77 bits per heavy atom. The molecule has 0 saturated carbocycles. The fourth-order valence-corrected chi connectivity index (χ4v) is 3.52. The predicted molar refractivity (Wildman–Crippen MR) is 100 cm³/mol. The zero-order valence-electron chi connectivity index (χ0n) is 15.3. The maximum Gasteiger partial charge on any atom is 0.125 e. The molecule has 1 saturated heterocycles. The summed E-state index contributed by atoms with van der Waals surface area (Å²) in [6, 6.07) is 6.33. The maximum atomic E-state index is 13.2. The molecule has 0 aliphatic carbocycles. The van der Waals surface area contributed by atoms with Gasteiger partial charge in [-0.3, -0.25) is 4.90 Å². The molecule has 144 valence electrons. The third-order valence-corrected chi connectivity index (χ3v) is 5.06. The van der Waals surface area contributed by atoms with Crippen LogP contribution in [0.5, 0.6) is 0 Å². The maximum absolute atomic E-state index is 13.2. The van der Waals surface area contributed by atoms with Crippen LogP contribution >= 0.6 is 0 Å². The minimum Gasteiger partial charge on any atom is -0.395 e. The number of aliphatic hydroxyl groups excluding tert-OH is 2. The number of piperidine rings is 1. The van der Waals surface area contributed by atoms with Crippen LogP contribution < -0.4 is 5.32 Å². The van der Waals surface area contributed by atoms with Gasteiger partial charge in [-0.25, -0.2) is 4.39 Å². The monoisotopic (exact) mass is 363 g/mol. The topological polar surface area (TPSA) is 79.5 Å². The van der Waals surface area contributed by atoms with Gasteiger partial charge in [0.1, 0.15) is 11.9 Å². The van der Waals surface area contributed by atoms with E-state index in [-0.39, 0.29) is 24.6 Å². The van der Waals surface area contributed by atoms with Crippen molar-refractivity contribution in [2.45, 2.75) is 57.1 Å². The number of nitriles is 1. The molecule has 0 amide bonds. The summed E-state index contributed by atoms with van der Waals surface area (Å²) in [7, 11) is 0. The molecule has 1 aliphatic rings. The molecular formula is C20H30FN3O2. The van der Waals surface area contributed by atoms with Crippen molar-refractivity contribution in [1.82, 2.24) is 4.90 Å². The van der Waals surface area contributed by atoms with Crippen molar-refractivity contribution in [3.8, 4) is 6.07 Å². The normalized spacial score (nSPS) is 20.7. The number of likely N-dealkylation sites (tertiary alicyclic amines) is 1. The lowest BCUT2D eigenvalue weighted by Crippen LogP contribution is -2.46. The minimum absolute atomic E-state index is 0.101. The zero-order chi connectivity index (χ0) is 18.8. The summed E-state index contributed by atoms with van der Waals surface area (Å²) in [4.78, 5) is 2.29. The van der Waals surface area contributed by atoms with Gasteiger partial charge in [0.05, 0.1) is 24.0 Å². The number of halogens is 1. The average molecular weight is 363 g/mol. The fraction of sp³-hybridized carbons (Fsp3) is 0.650. The highest BCUT2D eigenvalue weighted by atomic mass is 19.1. The van der Waals surface area contributed by atoms with E-state index in [4.69, 9.17) is 5.26 Å². The molecular weight excluding hydrogens is 333 g/mol. The fourth-order valence-electron chi connectivity index (χ4n) is 3.52. The van der Waals surface area contributed by atoms with Gasteiger partial charge in [-0.1, -0.05) is 19.3 Å². The molecule has 1 aliphatic heterocycles. The Bertz CT molecular complexity index is 591. The van der Waals surface area contributed by atoms with Gasteiger partial charge in [0, 0.05) is 19.1 Å². The van der Waals surface area contributed by atoms with Gasteiger partial charge in [0.15, 0.2) is 0 Å². The Hall–Kier alpha value is -1.68. The van der Waals surface area contributed by atoms with Gasteiger partial charge >= 0.3 is 0 Å². The predicted octanol–water partition coefficient (Wildman–Crippen LogP) is 2.88. The van der Waals surface area contributed by atoms with Crippen LogP contribution in [0, 0.1) is 17.1 Å². The molecule has 26 heavy (non-hydrogen) atoms. The summed E-state index contributed by atoms with van der Waals surface area (Å²) < 4.78 is 13.2. The molecule has 3 N–H and O–H groups in total. The van der Waals surface area contributed by atoms with Crippen molar-refractivity contribution in [3.63, 3.8) is 0 Å². The van der Waals surface area contributed by atoms with Crippen LogP contribution in [0.25, 0.3) is 0 Å². The summed E-state index contributed by atoms with van der Waals surface area (Å²) in [5, 5.41) is 31.3. The number of hydrogen-bond donors (Lipinski definition) is 3. The number of benzene rings is 1. The first-order valence-electron chi connectivity index (χ1n) is 9.60. The summed E-state index contributed by atoms with van der Waals surface area (Å²) >= 11 is 0. The molecule has 1 heterocycles. The van der Waals surface area contributed by atoms with Crippen molar-refractivity contribution in [2.75, 3.05) is 31.6 Å². The molecule has 1 fully saturated rings. The van der Waals surface area contributed by atoms with Gasteiger partial charge in [0.2, 0.25) is 0 Å². The van der Waals surface area contributed by atoms with E-state index < -0.39 is 0 Å². The highest BCUT2D eigenvalue weighted by Crippen LogP contribution is 2.19. The Labute approximate surface area is 155 Å². The van der Waals surface area contributed by atoms with Gasteiger partial charge in [-0.2, -0.15) is 5.26 Å². The average Bonchev–Trinajstić information content (AvgIpc) is 2.64. The van der Waals surface area contributed by atoms with Crippen LogP contribution in [0.4, 0.5) is 10.1 Å². The molecule has 1 aromatic carbocycles. The minimum atomic E-state index is -0.335. The third kappa shape index (κ3) is 6.56. The number of aliphatic hydroxyl groups is 2.